The highest BCUT2D eigenvalue weighted by Crippen LogP contribution is 2.44. The Morgan fingerprint density at radius 2 is 1.94 bits per heavy atom. The van der Waals surface area contributed by atoms with E-state index in [1.165, 1.54) is 22.3 Å². The van der Waals surface area contributed by atoms with Crippen LogP contribution in [0.1, 0.15) is 51.7 Å². The Balaban J connectivity index is 1.36. The number of carbonyl (C=O) groups excluding carboxylic acids is 2. The molecule has 2 aliphatic rings. The van der Waals surface area contributed by atoms with Crippen molar-refractivity contribution in [2.45, 2.75) is 45.8 Å². The van der Waals surface area contributed by atoms with E-state index in [2.05, 4.69) is 51.9 Å². The van der Waals surface area contributed by atoms with Crippen LogP contribution in [-0.4, -0.2) is 39.9 Å². The predicted molar refractivity (Wildman–Crippen MR) is 144 cm³/mol. The predicted octanol–water partition coefficient (Wildman–Crippen LogP) is 5.14. The number of amides is 2. The van der Waals surface area contributed by atoms with Gasteiger partial charge in [0.15, 0.2) is 5.13 Å². The minimum atomic E-state index is -0.208. The number of hydrogen-bond acceptors (Lipinski definition) is 5. The summed E-state index contributed by atoms with van der Waals surface area (Å²) in [5, 5.41) is 4.86. The highest BCUT2D eigenvalue weighted by atomic mass is 32.1. The van der Waals surface area contributed by atoms with Crippen molar-refractivity contribution in [1.29, 1.82) is 0 Å². The first-order chi connectivity index (χ1) is 17.5. The van der Waals surface area contributed by atoms with Gasteiger partial charge in [0.05, 0.1) is 22.6 Å². The van der Waals surface area contributed by atoms with Gasteiger partial charge in [-0.3, -0.25) is 9.59 Å². The summed E-state index contributed by atoms with van der Waals surface area (Å²) in [5.41, 5.74) is 6.21. The number of aryl methyl sites for hydroxylation is 3. The zero-order valence-electron chi connectivity index (χ0n) is 20.7. The SMILES string of the molecule is CCc1nc(NC(=O)CCn2c3c(c4ccccc42)CCN2C(=O)c4ccccc4N(C)C32)sc1C. The lowest BCUT2D eigenvalue weighted by molar-refractivity contribution is -0.116. The number of aromatic nitrogens is 2. The second-order valence-electron chi connectivity index (χ2n) is 9.46. The molecule has 4 aromatic rings. The molecule has 36 heavy (non-hydrogen) atoms. The lowest BCUT2D eigenvalue weighted by Crippen LogP contribution is -2.51. The van der Waals surface area contributed by atoms with Gasteiger partial charge in [0.25, 0.3) is 5.91 Å². The summed E-state index contributed by atoms with van der Waals surface area (Å²) >= 11 is 1.52. The fraction of sp³-hybridized carbons (Fsp3) is 0.321. The summed E-state index contributed by atoms with van der Waals surface area (Å²) < 4.78 is 2.25. The molecule has 2 aromatic heterocycles. The van der Waals surface area contributed by atoms with Crippen LogP contribution in [-0.2, 0) is 24.2 Å². The Labute approximate surface area is 214 Å². The van der Waals surface area contributed by atoms with Crippen molar-refractivity contribution >= 4 is 44.9 Å². The molecule has 0 fully saturated rings. The van der Waals surface area contributed by atoms with Gasteiger partial charge in [-0.1, -0.05) is 37.3 Å². The van der Waals surface area contributed by atoms with E-state index in [-0.39, 0.29) is 18.0 Å². The number of carbonyl (C=O) groups is 2. The number of hydrogen-bond donors (Lipinski definition) is 1. The lowest BCUT2D eigenvalue weighted by atomic mass is 9.96. The van der Waals surface area contributed by atoms with Crippen LogP contribution in [0.3, 0.4) is 0 Å². The maximum atomic E-state index is 13.5. The Kier molecular flexibility index (Phi) is 5.56. The number of nitrogens with zero attached hydrogens (tertiary/aromatic N) is 4. The molecule has 1 unspecified atom stereocenters. The molecule has 8 heteroatoms. The summed E-state index contributed by atoms with van der Waals surface area (Å²) in [6, 6.07) is 16.2. The maximum Gasteiger partial charge on any atom is 0.257 e. The first kappa shape index (κ1) is 22.8. The summed E-state index contributed by atoms with van der Waals surface area (Å²) in [6.45, 7) is 5.31. The molecule has 0 aliphatic carbocycles. The number of anilines is 2. The van der Waals surface area contributed by atoms with E-state index < -0.39 is 0 Å². The van der Waals surface area contributed by atoms with Crippen molar-refractivity contribution in [2.24, 2.45) is 0 Å². The van der Waals surface area contributed by atoms with Crippen molar-refractivity contribution in [1.82, 2.24) is 14.5 Å². The van der Waals surface area contributed by atoms with Crippen molar-refractivity contribution in [3.05, 3.63) is 75.9 Å². The van der Waals surface area contributed by atoms with E-state index in [4.69, 9.17) is 0 Å². The van der Waals surface area contributed by atoms with E-state index >= 15 is 0 Å². The average Bonchev–Trinajstić information content (AvgIpc) is 3.42. The fourth-order valence-electron chi connectivity index (χ4n) is 5.75. The number of rotatable bonds is 5. The van der Waals surface area contributed by atoms with E-state index in [0.29, 0.717) is 24.6 Å². The molecule has 6 rings (SSSR count). The highest BCUT2D eigenvalue weighted by Gasteiger charge is 2.42. The van der Waals surface area contributed by atoms with Crippen molar-refractivity contribution in [3.8, 4) is 0 Å². The third kappa shape index (κ3) is 3.51. The van der Waals surface area contributed by atoms with E-state index in [9.17, 15) is 9.59 Å². The van der Waals surface area contributed by atoms with Crippen molar-refractivity contribution < 1.29 is 9.59 Å². The third-order valence-corrected chi connectivity index (χ3v) is 8.37. The van der Waals surface area contributed by atoms with Crippen molar-refractivity contribution in [3.63, 3.8) is 0 Å². The van der Waals surface area contributed by atoms with Gasteiger partial charge in [-0.25, -0.2) is 4.98 Å². The zero-order chi connectivity index (χ0) is 25.0. The third-order valence-electron chi connectivity index (χ3n) is 7.44. The molecular weight excluding hydrogens is 470 g/mol. The monoisotopic (exact) mass is 499 g/mol. The molecule has 2 amide bonds. The smallest absolute Gasteiger partial charge is 0.257 e. The molecular formula is C28H29N5O2S. The number of para-hydroxylation sites is 2. The fourth-order valence-corrected chi connectivity index (χ4v) is 6.67. The van der Waals surface area contributed by atoms with Crippen LogP contribution in [0.5, 0.6) is 0 Å². The first-order valence-electron chi connectivity index (χ1n) is 12.5. The van der Waals surface area contributed by atoms with Crippen LogP contribution in [0.15, 0.2) is 48.5 Å². The standard InChI is InChI=1S/C28H29N5O2S/c1-4-21-17(2)36-28(29-21)30-24(34)14-16-32-23-12-8-5-9-18(23)19-13-15-33-26(25(19)32)31(3)22-11-7-6-10-20(22)27(33)35/h5-12,26H,4,13-16H2,1-3H3,(H,29,30,34). The number of benzene rings is 2. The molecule has 2 aromatic carbocycles. The molecule has 4 heterocycles. The first-order valence-corrected chi connectivity index (χ1v) is 13.3. The number of nitrogens with one attached hydrogen (secondary N) is 1. The summed E-state index contributed by atoms with van der Waals surface area (Å²) in [4.78, 5) is 36.3. The van der Waals surface area contributed by atoms with Crippen LogP contribution in [0, 0.1) is 6.92 Å². The van der Waals surface area contributed by atoms with Gasteiger partial charge in [0.1, 0.15) is 6.17 Å². The van der Waals surface area contributed by atoms with Crippen LogP contribution < -0.4 is 10.2 Å². The molecule has 0 bridgehead atoms. The van der Waals surface area contributed by atoms with Gasteiger partial charge in [-0.2, -0.15) is 0 Å². The number of thiazole rings is 1. The largest absolute Gasteiger partial charge is 0.349 e. The van der Waals surface area contributed by atoms with Crippen LogP contribution in [0.25, 0.3) is 10.9 Å². The van der Waals surface area contributed by atoms with Gasteiger partial charge in [-0.05, 0) is 43.5 Å². The molecule has 1 atom stereocenters. The Hall–Kier alpha value is -3.65. The second kappa shape index (κ2) is 8.78. The highest BCUT2D eigenvalue weighted by molar-refractivity contribution is 7.15. The van der Waals surface area contributed by atoms with E-state index in [1.54, 1.807) is 0 Å². The lowest BCUT2D eigenvalue weighted by Gasteiger charge is -2.46. The van der Waals surface area contributed by atoms with Crippen LogP contribution in [0.4, 0.5) is 10.8 Å². The van der Waals surface area contributed by atoms with Gasteiger partial charge >= 0.3 is 0 Å². The van der Waals surface area contributed by atoms with Gasteiger partial charge < -0.3 is 19.7 Å². The Morgan fingerprint density at radius 1 is 1.17 bits per heavy atom. The van der Waals surface area contributed by atoms with Crippen molar-refractivity contribution in [2.75, 3.05) is 23.8 Å². The normalized spacial score (nSPS) is 16.6. The average molecular weight is 500 g/mol. The minimum absolute atomic E-state index is 0.0518. The summed E-state index contributed by atoms with van der Waals surface area (Å²) in [5.74, 6) is 0.0174. The Morgan fingerprint density at radius 3 is 2.75 bits per heavy atom. The molecule has 0 saturated carbocycles. The zero-order valence-corrected chi connectivity index (χ0v) is 21.6. The maximum absolute atomic E-state index is 13.5. The number of fused-ring (bicyclic) bond motifs is 6. The molecule has 0 radical (unpaired) electrons. The summed E-state index contributed by atoms with van der Waals surface area (Å²) in [6.07, 6.45) is 1.77. The van der Waals surface area contributed by atoms with Gasteiger partial charge in [0.2, 0.25) is 5.91 Å². The molecule has 1 N–H and O–H groups in total. The molecule has 0 saturated heterocycles. The molecule has 2 aliphatic heterocycles. The minimum Gasteiger partial charge on any atom is -0.349 e. The van der Waals surface area contributed by atoms with Crippen LogP contribution >= 0.6 is 11.3 Å². The van der Waals surface area contributed by atoms with E-state index in [0.717, 1.165) is 45.9 Å². The topological polar surface area (TPSA) is 70.5 Å². The second-order valence-corrected chi connectivity index (χ2v) is 10.7. The molecule has 184 valence electrons. The quantitative estimate of drug-likeness (QED) is 0.413. The molecule has 0 spiro atoms. The summed E-state index contributed by atoms with van der Waals surface area (Å²) in [7, 11) is 2.06. The Bertz CT molecular complexity index is 1500. The molecule has 7 nitrogen and oxygen atoms in total. The van der Waals surface area contributed by atoms with Crippen LogP contribution in [0.2, 0.25) is 0 Å². The van der Waals surface area contributed by atoms with Gasteiger partial charge in [-0.15, -0.1) is 11.3 Å². The van der Waals surface area contributed by atoms with E-state index in [1.807, 2.05) is 42.2 Å². The van der Waals surface area contributed by atoms with Gasteiger partial charge in [0, 0.05) is 42.3 Å².